The summed E-state index contributed by atoms with van der Waals surface area (Å²) in [6.07, 6.45) is 0.175. The van der Waals surface area contributed by atoms with Crippen LogP contribution in [0.3, 0.4) is 0 Å². The Labute approximate surface area is 155 Å². The maximum Gasteiger partial charge on any atom is 0.179 e. The van der Waals surface area contributed by atoms with Crippen molar-refractivity contribution in [2.24, 2.45) is 0 Å². The van der Waals surface area contributed by atoms with Gasteiger partial charge in [0.15, 0.2) is 11.5 Å². The lowest BCUT2D eigenvalue weighted by Gasteiger charge is -2.17. The lowest BCUT2D eigenvalue weighted by Crippen LogP contribution is -2.18. The van der Waals surface area contributed by atoms with Crippen molar-refractivity contribution in [1.82, 2.24) is 5.32 Å². The number of hydrogen-bond acceptors (Lipinski definition) is 4. The average Bonchev–Trinajstić information content (AvgIpc) is 2.60. The number of benzene rings is 2. The number of rotatable bonds is 8. The molecule has 0 spiro atoms. The third-order valence-corrected chi connectivity index (χ3v) is 4.33. The summed E-state index contributed by atoms with van der Waals surface area (Å²) < 4.78 is 16.3. The van der Waals surface area contributed by atoms with Crippen LogP contribution in [0.4, 0.5) is 0 Å². The third kappa shape index (κ3) is 5.03. The SMILES string of the molecule is COc1ccc(CNC(C)c2ccc(OC(C)C)cc2)c(Cl)c1OC. The van der Waals surface area contributed by atoms with Crippen molar-refractivity contribution in [3.8, 4) is 17.2 Å². The molecule has 136 valence electrons. The van der Waals surface area contributed by atoms with Gasteiger partial charge in [0.1, 0.15) is 5.75 Å². The van der Waals surface area contributed by atoms with Crippen molar-refractivity contribution in [2.45, 2.75) is 39.5 Å². The van der Waals surface area contributed by atoms with Gasteiger partial charge in [0.25, 0.3) is 0 Å². The van der Waals surface area contributed by atoms with E-state index in [1.807, 2.05) is 38.1 Å². The Balaban J connectivity index is 2.03. The molecule has 0 aliphatic carbocycles. The van der Waals surface area contributed by atoms with Crippen LogP contribution in [0.25, 0.3) is 0 Å². The fourth-order valence-corrected chi connectivity index (χ4v) is 2.85. The summed E-state index contributed by atoms with van der Waals surface area (Å²) in [7, 11) is 3.19. The maximum atomic E-state index is 6.43. The van der Waals surface area contributed by atoms with E-state index < -0.39 is 0 Å². The van der Waals surface area contributed by atoms with E-state index in [1.54, 1.807) is 14.2 Å². The van der Waals surface area contributed by atoms with Gasteiger partial charge >= 0.3 is 0 Å². The first-order valence-corrected chi connectivity index (χ1v) is 8.73. The Bertz CT molecular complexity index is 686. The second-order valence-electron chi connectivity index (χ2n) is 6.11. The lowest BCUT2D eigenvalue weighted by molar-refractivity contribution is 0.242. The Kier molecular flexibility index (Phi) is 6.97. The monoisotopic (exact) mass is 363 g/mol. The van der Waals surface area contributed by atoms with E-state index in [0.29, 0.717) is 23.1 Å². The fraction of sp³-hybridized carbons (Fsp3) is 0.400. The quantitative estimate of drug-likeness (QED) is 0.716. The molecule has 0 fully saturated rings. The van der Waals surface area contributed by atoms with Gasteiger partial charge in [0.05, 0.1) is 25.3 Å². The minimum atomic E-state index is 0.175. The van der Waals surface area contributed by atoms with Gasteiger partial charge in [0.2, 0.25) is 0 Å². The molecule has 0 aliphatic rings. The number of ether oxygens (including phenoxy) is 3. The van der Waals surface area contributed by atoms with Crippen LogP contribution in [0, 0.1) is 0 Å². The van der Waals surface area contributed by atoms with E-state index in [2.05, 4.69) is 24.4 Å². The second kappa shape index (κ2) is 8.97. The van der Waals surface area contributed by atoms with Crippen LogP contribution in [-0.4, -0.2) is 20.3 Å². The van der Waals surface area contributed by atoms with Gasteiger partial charge in [-0.2, -0.15) is 0 Å². The Morgan fingerprint density at radius 1 is 0.960 bits per heavy atom. The van der Waals surface area contributed by atoms with Crippen molar-refractivity contribution in [1.29, 1.82) is 0 Å². The van der Waals surface area contributed by atoms with E-state index in [0.717, 1.165) is 11.3 Å². The molecule has 0 amide bonds. The van der Waals surface area contributed by atoms with Gasteiger partial charge in [-0.05, 0) is 50.1 Å². The first kappa shape index (κ1) is 19.4. The zero-order valence-corrected chi connectivity index (χ0v) is 16.2. The summed E-state index contributed by atoms with van der Waals surface area (Å²) in [4.78, 5) is 0. The minimum Gasteiger partial charge on any atom is -0.493 e. The standard InChI is InChI=1S/C20H26ClNO3/c1-13(2)25-17-9-6-15(7-10-17)14(3)22-12-16-8-11-18(23-4)20(24-5)19(16)21/h6-11,13-14,22H,12H2,1-5H3. The fourth-order valence-electron chi connectivity index (χ4n) is 2.55. The molecule has 0 heterocycles. The summed E-state index contributed by atoms with van der Waals surface area (Å²) in [5.41, 5.74) is 2.15. The van der Waals surface area contributed by atoms with E-state index >= 15 is 0 Å². The molecule has 2 aromatic carbocycles. The molecule has 1 N–H and O–H groups in total. The summed E-state index contributed by atoms with van der Waals surface area (Å²) in [5, 5.41) is 4.05. The zero-order chi connectivity index (χ0) is 18.4. The lowest BCUT2D eigenvalue weighted by atomic mass is 10.1. The summed E-state index contributed by atoms with van der Waals surface area (Å²) >= 11 is 6.43. The highest BCUT2D eigenvalue weighted by Crippen LogP contribution is 2.37. The van der Waals surface area contributed by atoms with Crippen LogP contribution in [0.5, 0.6) is 17.2 Å². The zero-order valence-electron chi connectivity index (χ0n) is 15.4. The third-order valence-electron chi connectivity index (χ3n) is 3.92. The number of halogens is 1. The average molecular weight is 364 g/mol. The van der Waals surface area contributed by atoms with Gasteiger partial charge in [-0.25, -0.2) is 0 Å². The molecule has 2 rings (SSSR count). The van der Waals surface area contributed by atoms with E-state index in [4.69, 9.17) is 25.8 Å². The largest absolute Gasteiger partial charge is 0.493 e. The molecule has 1 unspecified atom stereocenters. The topological polar surface area (TPSA) is 39.7 Å². The van der Waals surface area contributed by atoms with E-state index in [-0.39, 0.29) is 12.1 Å². The first-order valence-electron chi connectivity index (χ1n) is 8.35. The predicted molar refractivity (Wildman–Crippen MR) is 102 cm³/mol. The Hall–Kier alpha value is -1.91. The Morgan fingerprint density at radius 3 is 2.20 bits per heavy atom. The highest BCUT2D eigenvalue weighted by Gasteiger charge is 2.14. The van der Waals surface area contributed by atoms with Crippen LogP contribution in [0.2, 0.25) is 5.02 Å². The van der Waals surface area contributed by atoms with Crippen molar-refractivity contribution >= 4 is 11.6 Å². The molecule has 5 heteroatoms. The molecule has 4 nitrogen and oxygen atoms in total. The molecule has 0 aliphatic heterocycles. The molecular formula is C20H26ClNO3. The van der Waals surface area contributed by atoms with Gasteiger partial charge < -0.3 is 19.5 Å². The second-order valence-corrected chi connectivity index (χ2v) is 6.49. The van der Waals surface area contributed by atoms with Crippen molar-refractivity contribution in [3.63, 3.8) is 0 Å². The van der Waals surface area contributed by atoms with Crippen LogP contribution in [-0.2, 0) is 6.54 Å². The molecule has 0 radical (unpaired) electrons. The normalized spacial score (nSPS) is 12.1. The molecular weight excluding hydrogens is 338 g/mol. The first-order chi connectivity index (χ1) is 12.0. The smallest absolute Gasteiger partial charge is 0.179 e. The van der Waals surface area contributed by atoms with Gasteiger partial charge in [-0.15, -0.1) is 0 Å². The summed E-state index contributed by atoms with van der Waals surface area (Å²) in [6, 6.07) is 12.1. The van der Waals surface area contributed by atoms with Crippen LogP contribution >= 0.6 is 11.6 Å². The minimum absolute atomic E-state index is 0.175. The number of nitrogens with one attached hydrogen (secondary N) is 1. The van der Waals surface area contributed by atoms with Crippen LogP contribution in [0.15, 0.2) is 36.4 Å². The van der Waals surface area contributed by atoms with Crippen molar-refractivity contribution in [2.75, 3.05) is 14.2 Å². The van der Waals surface area contributed by atoms with Crippen molar-refractivity contribution < 1.29 is 14.2 Å². The van der Waals surface area contributed by atoms with Gasteiger partial charge in [0, 0.05) is 12.6 Å². The summed E-state index contributed by atoms with van der Waals surface area (Å²) in [5.74, 6) is 2.07. The number of methoxy groups -OCH3 is 2. The van der Waals surface area contributed by atoms with Crippen molar-refractivity contribution in [3.05, 3.63) is 52.5 Å². The summed E-state index contributed by atoms with van der Waals surface area (Å²) in [6.45, 7) is 6.79. The molecule has 1 atom stereocenters. The maximum absolute atomic E-state index is 6.43. The highest BCUT2D eigenvalue weighted by molar-refractivity contribution is 6.33. The number of hydrogen-bond donors (Lipinski definition) is 1. The molecule has 0 saturated heterocycles. The van der Waals surface area contributed by atoms with Gasteiger partial charge in [-0.1, -0.05) is 29.8 Å². The Morgan fingerprint density at radius 2 is 1.64 bits per heavy atom. The molecule has 25 heavy (non-hydrogen) atoms. The molecule has 0 saturated carbocycles. The van der Waals surface area contributed by atoms with Crippen LogP contribution < -0.4 is 19.5 Å². The predicted octanol–water partition coefficient (Wildman–Crippen LogP) is 5.00. The van der Waals surface area contributed by atoms with E-state index in [9.17, 15) is 0 Å². The highest BCUT2D eigenvalue weighted by atomic mass is 35.5. The van der Waals surface area contributed by atoms with E-state index in [1.165, 1.54) is 5.56 Å². The van der Waals surface area contributed by atoms with Gasteiger partial charge in [-0.3, -0.25) is 0 Å². The molecule has 0 bridgehead atoms. The molecule has 2 aromatic rings. The van der Waals surface area contributed by atoms with Crippen LogP contribution in [0.1, 0.15) is 37.9 Å². The molecule has 0 aromatic heterocycles.